The van der Waals surface area contributed by atoms with Crippen LogP contribution in [0.5, 0.6) is 0 Å². The van der Waals surface area contributed by atoms with Crippen LogP contribution in [0.3, 0.4) is 0 Å². The molecule has 0 bridgehead atoms. The van der Waals surface area contributed by atoms with E-state index in [0.717, 1.165) is 35.0 Å². The van der Waals surface area contributed by atoms with Crippen molar-refractivity contribution in [2.24, 2.45) is 0 Å². The van der Waals surface area contributed by atoms with Crippen molar-refractivity contribution in [3.8, 4) is 0 Å². The van der Waals surface area contributed by atoms with E-state index >= 15 is 0 Å². The summed E-state index contributed by atoms with van der Waals surface area (Å²) in [5, 5.41) is 3.28. The minimum Gasteiger partial charge on any atom is -0.313 e. The Kier molecular flexibility index (Phi) is 7.15. The molecule has 20 heavy (non-hydrogen) atoms. The average Bonchev–Trinajstić information content (AvgIpc) is 2.40. The molecule has 0 aliphatic rings. The lowest BCUT2D eigenvalue weighted by molar-refractivity contribution is 0.579. The van der Waals surface area contributed by atoms with Crippen molar-refractivity contribution in [2.75, 3.05) is 13.1 Å². The van der Waals surface area contributed by atoms with Gasteiger partial charge in [-0.25, -0.2) is 13.1 Å². The summed E-state index contributed by atoms with van der Waals surface area (Å²) in [4.78, 5) is 0.355. The molecular weight excluding hydrogens is 340 g/mol. The van der Waals surface area contributed by atoms with Crippen molar-refractivity contribution < 1.29 is 8.42 Å². The van der Waals surface area contributed by atoms with Crippen molar-refractivity contribution in [3.05, 3.63) is 27.7 Å². The van der Waals surface area contributed by atoms with Crippen LogP contribution in [-0.4, -0.2) is 21.5 Å². The summed E-state index contributed by atoms with van der Waals surface area (Å²) < 4.78 is 28.0. The topological polar surface area (TPSA) is 58.2 Å². The third-order valence-corrected chi connectivity index (χ3v) is 5.35. The van der Waals surface area contributed by atoms with Gasteiger partial charge in [0.2, 0.25) is 10.0 Å². The Bertz CT molecular complexity index is 544. The summed E-state index contributed by atoms with van der Waals surface area (Å²) in [5.74, 6) is 0. The summed E-state index contributed by atoms with van der Waals surface area (Å²) in [7, 11) is -3.44. The van der Waals surface area contributed by atoms with Crippen LogP contribution < -0.4 is 10.0 Å². The van der Waals surface area contributed by atoms with Gasteiger partial charge in [0.25, 0.3) is 0 Å². The molecule has 2 N–H and O–H groups in total. The minimum absolute atomic E-state index is 0.355. The number of benzene rings is 1. The van der Waals surface area contributed by atoms with E-state index in [4.69, 9.17) is 0 Å². The summed E-state index contributed by atoms with van der Waals surface area (Å²) in [6.07, 6.45) is 1.83. The molecule has 0 spiro atoms. The van der Waals surface area contributed by atoms with Gasteiger partial charge in [0, 0.05) is 17.6 Å². The molecule has 0 unspecified atom stereocenters. The molecule has 0 atom stereocenters. The number of hydrogen-bond donors (Lipinski definition) is 2. The molecule has 1 aromatic carbocycles. The molecule has 6 heteroatoms. The predicted octanol–water partition coefficient (Wildman–Crippen LogP) is 2.95. The Hall–Kier alpha value is -0.430. The van der Waals surface area contributed by atoms with Gasteiger partial charge < -0.3 is 5.32 Å². The van der Waals surface area contributed by atoms with Crippen molar-refractivity contribution in [3.63, 3.8) is 0 Å². The molecular formula is C14H23BrN2O2S. The van der Waals surface area contributed by atoms with Crippen LogP contribution >= 0.6 is 15.9 Å². The number of sulfonamides is 1. The largest absolute Gasteiger partial charge is 0.313 e. The lowest BCUT2D eigenvalue weighted by Crippen LogP contribution is -2.25. The van der Waals surface area contributed by atoms with E-state index in [-0.39, 0.29) is 0 Å². The highest BCUT2D eigenvalue weighted by Crippen LogP contribution is 2.25. The zero-order chi connectivity index (χ0) is 15.2. The second-order valence-electron chi connectivity index (χ2n) is 4.78. The van der Waals surface area contributed by atoms with E-state index in [1.807, 2.05) is 19.9 Å². The van der Waals surface area contributed by atoms with E-state index in [9.17, 15) is 8.42 Å². The van der Waals surface area contributed by atoms with Gasteiger partial charge in [-0.2, -0.15) is 0 Å². The van der Waals surface area contributed by atoms with E-state index in [1.54, 1.807) is 6.07 Å². The van der Waals surface area contributed by atoms with Crippen LogP contribution in [0.25, 0.3) is 0 Å². The van der Waals surface area contributed by atoms with Crippen molar-refractivity contribution >= 4 is 26.0 Å². The maximum atomic E-state index is 12.3. The number of nitrogens with one attached hydrogen (secondary N) is 2. The third kappa shape index (κ3) is 4.84. The molecule has 0 radical (unpaired) electrons. The van der Waals surface area contributed by atoms with Gasteiger partial charge in [0.05, 0.1) is 4.90 Å². The molecule has 0 aliphatic carbocycles. The fraction of sp³-hybridized carbons (Fsp3) is 0.571. The van der Waals surface area contributed by atoms with E-state index in [2.05, 4.69) is 32.9 Å². The van der Waals surface area contributed by atoms with Gasteiger partial charge in [-0.1, -0.05) is 29.8 Å². The highest BCUT2D eigenvalue weighted by atomic mass is 79.9. The summed E-state index contributed by atoms with van der Waals surface area (Å²) >= 11 is 3.45. The fourth-order valence-electron chi connectivity index (χ4n) is 1.81. The first-order valence-corrected chi connectivity index (χ1v) is 9.19. The third-order valence-electron chi connectivity index (χ3n) is 2.94. The Morgan fingerprint density at radius 2 is 1.80 bits per heavy atom. The molecule has 4 nitrogen and oxygen atoms in total. The highest BCUT2D eigenvalue weighted by Gasteiger charge is 2.18. The summed E-state index contributed by atoms with van der Waals surface area (Å²) in [5.41, 5.74) is 1.71. The van der Waals surface area contributed by atoms with E-state index in [1.165, 1.54) is 0 Å². The van der Waals surface area contributed by atoms with Gasteiger partial charge in [0.1, 0.15) is 0 Å². The van der Waals surface area contributed by atoms with Crippen molar-refractivity contribution in [2.45, 2.75) is 45.1 Å². The highest BCUT2D eigenvalue weighted by molar-refractivity contribution is 9.10. The van der Waals surface area contributed by atoms with Gasteiger partial charge >= 0.3 is 0 Å². The SMILES string of the molecule is CCCNCc1cc(Br)c(C)c(S(=O)(=O)NCCC)c1. The van der Waals surface area contributed by atoms with Crippen molar-refractivity contribution in [1.82, 2.24) is 10.0 Å². The Balaban J connectivity index is 3.05. The van der Waals surface area contributed by atoms with Crippen LogP contribution in [0.1, 0.15) is 37.8 Å². The zero-order valence-electron chi connectivity index (χ0n) is 12.3. The lowest BCUT2D eigenvalue weighted by Gasteiger charge is -2.13. The molecule has 1 aromatic rings. The molecule has 0 aliphatic heterocycles. The van der Waals surface area contributed by atoms with E-state index in [0.29, 0.717) is 18.0 Å². The smallest absolute Gasteiger partial charge is 0.240 e. The fourth-order valence-corrected chi connectivity index (χ4v) is 3.90. The minimum atomic E-state index is -3.44. The van der Waals surface area contributed by atoms with Gasteiger partial charge in [-0.3, -0.25) is 0 Å². The molecule has 0 amide bonds. The van der Waals surface area contributed by atoms with Crippen molar-refractivity contribution in [1.29, 1.82) is 0 Å². The van der Waals surface area contributed by atoms with Crippen LogP contribution in [0.4, 0.5) is 0 Å². The maximum absolute atomic E-state index is 12.3. The molecule has 0 heterocycles. The number of hydrogen-bond acceptors (Lipinski definition) is 3. The van der Waals surface area contributed by atoms with E-state index < -0.39 is 10.0 Å². The Labute approximate surface area is 130 Å². The van der Waals surface area contributed by atoms with Gasteiger partial charge in [-0.15, -0.1) is 0 Å². The van der Waals surface area contributed by atoms with Gasteiger partial charge in [-0.05, 0) is 49.6 Å². The monoisotopic (exact) mass is 362 g/mol. The summed E-state index contributed by atoms with van der Waals surface area (Å²) in [6, 6.07) is 3.72. The summed E-state index contributed by atoms with van der Waals surface area (Å²) in [6.45, 7) is 7.90. The molecule has 0 saturated carbocycles. The predicted molar refractivity (Wildman–Crippen MR) is 86.4 cm³/mol. The quantitative estimate of drug-likeness (QED) is 0.699. The molecule has 0 saturated heterocycles. The van der Waals surface area contributed by atoms with Crippen LogP contribution in [0, 0.1) is 6.92 Å². The number of halogens is 1. The second-order valence-corrected chi connectivity index (χ2v) is 7.37. The number of rotatable bonds is 8. The zero-order valence-corrected chi connectivity index (χ0v) is 14.7. The molecule has 114 valence electrons. The van der Waals surface area contributed by atoms with Crippen LogP contribution in [0.2, 0.25) is 0 Å². The first-order valence-electron chi connectivity index (χ1n) is 6.91. The first kappa shape index (κ1) is 17.6. The Morgan fingerprint density at radius 1 is 1.15 bits per heavy atom. The standard InChI is InChI=1S/C14H23BrN2O2S/c1-4-6-16-10-12-8-13(15)11(3)14(9-12)20(18,19)17-7-5-2/h8-9,16-17H,4-7,10H2,1-3H3. The van der Waals surface area contributed by atoms with Crippen LogP contribution in [-0.2, 0) is 16.6 Å². The lowest BCUT2D eigenvalue weighted by atomic mass is 10.1. The second kappa shape index (κ2) is 8.12. The molecule has 0 aromatic heterocycles. The average molecular weight is 363 g/mol. The molecule has 0 fully saturated rings. The molecule has 1 rings (SSSR count). The van der Waals surface area contributed by atoms with Crippen LogP contribution in [0.15, 0.2) is 21.5 Å². The Morgan fingerprint density at radius 3 is 2.40 bits per heavy atom. The normalized spacial score (nSPS) is 11.8. The maximum Gasteiger partial charge on any atom is 0.240 e. The van der Waals surface area contributed by atoms with Gasteiger partial charge in [0.15, 0.2) is 0 Å². The first-order chi connectivity index (χ1) is 9.42.